The molecule has 0 radical (unpaired) electrons. The van der Waals surface area contributed by atoms with Crippen molar-refractivity contribution in [1.29, 1.82) is 0 Å². The molecule has 0 fully saturated rings. The molecule has 0 saturated heterocycles. The molecule has 0 N–H and O–H groups in total. The summed E-state index contributed by atoms with van der Waals surface area (Å²) in [6.07, 6.45) is 0. The highest BCUT2D eigenvalue weighted by Crippen LogP contribution is 2.28. The van der Waals surface area contributed by atoms with Crippen molar-refractivity contribution in [3.8, 4) is 11.5 Å². The maximum atomic E-state index is 12.6. The first-order valence-electron chi connectivity index (χ1n) is 8.43. The second kappa shape index (κ2) is 7.49. The largest absolute Gasteiger partial charge is 0.497 e. The van der Waals surface area contributed by atoms with Crippen molar-refractivity contribution in [2.75, 3.05) is 13.7 Å². The van der Waals surface area contributed by atoms with E-state index in [-0.39, 0.29) is 28.4 Å². The van der Waals surface area contributed by atoms with E-state index in [0.29, 0.717) is 17.4 Å². The number of carbonyl (C=O) groups excluding carboxylic acids is 3. The lowest BCUT2D eigenvalue weighted by Crippen LogP contribution is -2.32. The standard InChI is InChI=1S/C20H19NO6/c1-12(2)11-26-17-10-13(25-3)8-9-16(17)20(24)27-21-18(22)14-6-4-5-7-15(14)19(21)23/h4-10,12H,11H2,1-3H3. The van der Waals surface area contributed by atoms with Crippen molar-refractivity contribution in [2.45, 2.75) is 13.8 Å². The Labute approximate surface area is 156 Å². The predicted molar refractivity (Wildman–Crippen MR) is 95.7 cm³/mol. The summed E-state index contributed by atoms with van der Waals surface area (Å²) in [6, 6.07) is 10.9. The van der Waals surface area contributed by atoms with Gasteiger partial charge in [-0.15, -0.1) is 0 Å². The van der Waals surface area contributed by atoms with Crippen LogP contribution in [0.1, 0.15) is 44.9 Å². The minimum Gasteiger partial charge on any atom is -0.497 e. The molecule has 27 heavy (non-hydrogen) atoms. The Morgan fingerprint density at radius 1 is 1.04 bits per heavy atom. The van der Waals surface area contributed by atoms with Gasteiger partial charge in [0.15, 0.2) is 0 Å². The van der Waals surface area contributed by atoms with Gasteiger partial charge in [-0.1, -0.05) is 31.0 Å². The first-order chi connectivity index (χ1) is 12.9. The van der Waals surface area contributed by atoms with Crippen LogP contribution >= 0.6 is 0 Å². The molecule has 0 unspecified atom stereocenters. The number of imide groups is 1. The molecule has 0 atom stereocenters. The van der Waals surface area contributed by atoms with Gasteiger partial charge in [-0.2, -0.15) is 0 Å². The Morgan fingerprint density at radius 3 is 2.22 bits per heavy atom. The Hall–Kier alpha value is -3.35. The first kappa shape index (κ1) is 18.4. The van der Waals surface area contributed by atoms with Crippen molar-refractivity contribution < 1.29 is 28.7 Å². The average Bonchev–Trinajstić information content (AvgIpc) is 2.91. The van der Waals surface area contributed by atoms with Crippen LogP contribution in [0, 0.1) is 5.92 Å². The maximum absolute atomic E-state index is 12.6. The fraction of sp³-hybridized carbons (Fsp3) is 0.250. The molecule has 1 heterocycles. The third-order valence-electron chi connectivity index (χ3n) is 3.91. The van der Waals surface area contributed by atoms with Crippen LogP contribution in [0.15, 0.2) is 42.5 Å². The molecule has 2 amide bonds. The van der Waals surface area contributed by atoms with Crippen LogP contribution < -0.4 is 9.47 Å². The third kappa shape index (κ3) is 3.62. The summed E-state index contributed by atoms with van der Waals surface area (Å²) in [4.78, 5) is 42.4. The summed E-state index contributed by atoms with van der Waals surface area (Å²) >= 11 is 0. The van der Waals surface area contributed by atoms with Crippen molar-refractivity contribution in [1.82, 2.24) is 5.06 Å². The fourth-order valence-corrected chi connectivity index (χ4v) is 2.56. The van der Waals surface area contributed by atoms with Gasteiger partial charge in [0.2, 0.25) is 0 Å². The van der Waals surface area contributed by atoms with Crippen molar-refractivity contribution in [2.24, 2.45) is 5.92 Å². The topological polar surface area (TPSA) is 82.1 Å². The van der Waals surface area contributed by atoms with Gasteiger partial charge >= 0.3 is 5.97 Å². The molecule has 0 spiro atoms. The van der Waals surface area contributed by atoms with Gasteiger partial charge in [0.25, 0.3) is 11.8 Å². The first-order valence-corrected chi connectivity index (χ1v) is 8.43. The van der Waals surface area contributed by atoms with Crippen LogP contribution in [0.2, 0.25) is 0 Å². The number of amides is 2. The van der Waals surface area contributed by atoms with Crippen LogP contribution in [-0.4, -0.2) is 36.6 Å². The second-order valence-electron chi connectivity index (χ2n) is 6.40. The van der Waals surface area contributed by atoms with Crippen molar-refractivity contribution in [3.63, 3.8) is 0 Å². The van der Waals surface area contributed by atoms with Crippen LogP contribution in [0.5, 0.6) is 11.5 Å². The summed E-state index contributed by atoms with van der Waals surface area (Å²) in [6.45, 7) is 4.31. The predicted octanol–water partition coefficient (Wildman–Crippen LogP) is 3.10. The van der Waals surface area contributed by atoms with Gasteiger partial charge in [0.1, 0.15) is 17.1 Å². The monoisotopic (exact) mass is 369 g/mol. The van der Waals surface area contributed by atoms with Crippen LogP contribution in [0.25, 0.3) is 0 Å². The molecule has 0 saturated carbocycles. The number of hydroxylamine groups is 2. The van der Waals surface area contributed by atoms with Crippen molar-refractivity contribution >= 4 is 17.8 Å². The summed E-state index contributed by atoms with van der Waals surface area (Å²) in [5, 5.41) is 0.476. The van der Waals surface area contributed by atoms with Gasteiger partial charge in [0, 0.05) is 6.07 Å². The van der Waals surface area contributed by atoms with E-state index >= 15 is 0 Å². The van der Waals surface area contributed by atoms with Gasteiger partial charge < -0.3 is 14.3 Å². The van der Waals surface area contributed by atoms with E-state index in [1.54, 1.807) is 24.3 Å². The van der Waals surface area contributed by atoms with E-state index in [2.05, 4.69) is 0 Å². The average molecular weight is 369 g/mol. The SMILES string of the molecule is COc1ccc(C(=O)ON2C(=O)c3ccccc3C2=O)c(OCC(C)C)c1. The number of hydrogen-bond donors (Lipinski definition) is 0. The summed E-state index contributed by atoms with van der Waals surface area (Å²) in [5.41, 5.74) is 0.482. The smallest absolute Gasteiger partial charge is 0.367 e. The van der Waals surface area contributed by atoms with Crippen LogP contribution in [0.4, 0.5) is 0 Å². The highest BCUT2D eigenvalue weighted by Gasteiger charge is 2.39. The minimum atomic E-state index is -0.870. The minimum absolute atomic E-state index is 0.0907. The molecule has 7 heteroatoms. The molecule has 7 nitrogen and oxygen atoms in total. The molecule has 3 rings (SSSR count). The van der Waals surface area contributed by atoms with E-state index in [0.717, 1.165) is 0 Å². The lowest BCUT2D eigenvalue weighted by Gasteiger charge is -2.16. The molecule has 2 aromatic rings. The molecule has 140 valence electrons. The highest BCUT2D eigenvalue weighted by atomic mass is 16.7. The molecule has 1 aliphatic rings. The molecular weight excluding hydrogens is 350 g/mol. The van der Waals surface area contributed by atoms with Crippen LogP contribution in [0.3, 0.4) is 0 Å². The summed E-state index contributed by atoms with van der Waals surface area (Å²) in [5.74, 6) is -1.23. The fourth-order valence-electron chi connectivity index (χ4n) is 2.56. The number of rotatable bonds is 6. The molecule has 2 aromatic carbocycles. The zero-order valence-corrected chi connectivity index (χ0v) is 15.2. The Balaban J connectivity index is 1.84. The highest BCUT2D eigenvalue weighted by molar-refractivity contribution is 6.21. The summed E-state index contributed by atoms with van der Waals surface area (Å²) < 4.78 is 10.8. The normalized spacial score (nSPS) is 13.0. The zero-order valence-electron chi connectivity index (χ0n) is 15.2. The second-order valence-corrected chi connectivity index (χ2v) is 6.40. The van der Waals surface area contributed by atoms with E-state index < -0.39 is 17.8 Å². The summed E-state index contributed by atoms with van der Waals surface area (Å²) in [7, 11) is 1.50. The third-order valence-corrected chi connectivity index (χ3v) is 3.91. The molecular formula is C20H19NO6. The lowest BCUT2D eigenvalue weighted by atomic mass is 10.1. The lowest BCUT2D eigenvalue weighted by molar-refractivity contribution is -0.0586. The molecule has 0 aliphatic carbocycles. The quantitative estimate of drug-likeness (QED) is 0.728. The molecule has 0 aromatic heterocycles. The number of benzene rings is 2. The number of carbonyl (C=O) groups is 3. The van der Waals surface area contributed by atoms with Gasteiger partial charge in [-0.05, 0) is 30.2 Å². The molecule has 1 aliphatic heterocycles. The van der Waals surface area contributed by atoms with Crippen molar-refractivity contribution in [3.05, 3.63) is 59.2 Å². The maximum Gasteiger partial charge on any atom is 0.367 e. The number of methoxy groups -OCH3 is 1. The van der Waals surface area contributed by atoms with Gasteiger partial charge in [-0.3, -0.25) is 9.59 Å². The van der Waals surface area contributed by atoms with Gasteiger partial charge in [0.05, 0.1) is 24.8 Å². The van der Waals surface area contributed by atoms with Gasteiger partial charge in [-0.25, -0.2) is 4.79 Å². The van der Waals surface area contributed by atoms with Crippen LogP contribution in [-0.2, 0) is 4.84 Å². The number of nitrogens with zero attached hydrogens (tertiary/aromatic N) is 1. The Morgan fingerprint density at radius 2 is 1.67 bits per heavy atom. The Bertz CT molecular complexity index is 870. The number of hydrogen-bond acceptors (Lipinski definition) is 6. The Kier molecular flexibility index (Phi) is 5.12. The van der Waals surface area contributed by atoms with E-state index in [1.807, 2.05) is 13.8 Å². The van der Waals surface area contributed by atoms with E-state index in [1.165, 1.54) is 25.3 Å². The zero-order chi connectivity index (χ0) is 19.6. The van der Waals surface area contributed by atoms with E-state index in [4.69, 9.17) is 14.3 Å². The molecule has 0 bridgehead atoms. The number of ether oxygens (including phenoxy) is 2. The van der Waals surface area contributed by atoms with E-state index in [9.17, 15) is 14.4 Å². The number of fused-ring (bicyclic) bond motifs is 1.